The van der Waals surface area contributed by atoms with Crippen molar-refractivity contribution in [3.8, 4) is 17.0 Å². The van der Waals surface area contributed by atoms with E-state index in [1.165, 1.54) is 32.6 Å². The summed E-state index contributed by atoms with van der Waals surface area (Å²) in [6.07, 6.45) is 4.94. The van der Waals surface area contributed by atoms with Crippen LogP contribution in [0.2, 0.25) is 0 Å². The van der Waals surface area contributed by atoms with Crippen molar-refractivity contribution in [1.29, 1.82) is 0 Å². The fourth-order valence-corrected chi connectivity index (χ4v) is 3.84. The molecule has 0 atom stereocenters. The van der Waals surface area contributed by atoms with Gasteiger partial charge < -0.3 is 15.0 Å². The van der Waals surface area contributed by atoms with Crippen LogP contribution < -0.4 is 15.0 Å². The molecule has 1 saturated heterocycles. The third-order valence-corrected chi connectivity index (χ3v) is 5.65. The number of nitrogens with one attached hydrogen (secondary N) is 1. The minimum atomic E-state index is -0.273. The van der Waals surface area contributed by atoms with Crippen LogP contribution in [0.15, 0.2) is 60.7 Å². The number of amides is 1. The highest BCUT2D eigenvalue weighted by Crippen LogP contribution is 2.23. The van der Waals surface area contributed by atoms with E-state index in [1.54, 1.807) is 24.3 Å². The molecule has 2 aromatic carbocycles. The Hall–Kier alpha value is -3.74. The van der Waals surface area contributed by atoms with E-state index in [9.17, 15) is 9.59 Å². The lowest BCUT2D eigenvalue weighted by Crippen LogP contribution is -2.25. The second-order valence-electron chi connectivity index (χ2n) is 8.18. The number of rotatable bonds is 7. The molecule has 7 heteroatoms. The Bertz CT molecular complexity index is 1090. The molecule has 0 spiro atoms. The molecule has 1 amide bonds. The lowest BCUT2D eigenvalue weighted by Gasteiger charge is -2.20. The number of hydrogen-bond acceptors (Lipinski definition) is 6. The summed E-state index contributed by atoms with van der Waals surface area (Å²) in [6, 6.07) is 18.2. The average molecular weight is 445 g/mol. The van der Waals surface area contributed by atoms with Crippen molar-refractivity contribution < 1.29 is 14.3 Å². The van der Waals surface area contributed by atoms with Gasteiger partial charge in [0.15, 0.2) is 18.2 Å². The molecule has 0 saturated carbocycles. The zero-order valence-corrected chi connectivity index (χ0v) is 18.8. The smallest absolute Gasteiger partial charge is 0.262 e. The summed E-state index contributed by atoms with van der Waals surface area (Å²) in [6.45, 7) is 3.43. The second-order valence-corrected chi connectivity index (χ2v) is 8.18. The van der Waals surface area contributed by atoms with Gasteiger partial charge >= 0.3 is 0 Å². The Morgan fingerprint density at radius 3 is 2.36 bits per heavy atom. The number of carbonyl (C=O) groups excluding carboxylic acids is 2. The molecule has 1 fully saturated rings. The SMILES string of the molecule is CC(=O)c1ccc(OCC(=O)Nc2cccc(-c3ccc(N4CCCCCC4)nn3)c2)cc1. The minimum absolute atomic E-state index is 0.0135. The van der Waals surface area contributed by atoms with Crippen molar-refractivity contribution in [1.82, 2.24) is 10.2 Å². The summed E-state index contributed by atoms with van der Waals surface area (Å²) >= 11 is 0. The summed E-state index contributed by atoms with van der Waals surface area (Å²) in [5, 5.41) is 11.7. The van der Waals surface area contributed by atoms with Crippen LogP contribution in [0.25, 0.3) is 11.3 Å². The fourth-order valence-electron chi connectivity index (χ4n) is 3.84. The number of benzene rings is 2. The van der Waals surface area contributed by atoms with Gasteiger partial charge in [-0.2, -0.15) is 0 Å². The predicted molar refractivity (Wildman–Crippen MR) is 129 cm³/mol. The molecule has 1 N–H and O–H groups in total. The third-order valence-electron chi connectivity index (χ3n) is 5.65. The molecular weight excluding hydrogens is 416 g/mol. The molecule has 0 aliphatic carbocycles. The van der Waals surface area contributed by atoms with Crippen molar-refractivity contribution in [2.75, 3.05) is 29.9 Å². The van der Waals surface area contributed by atoms with Gasteiger partial charge in [-0.1, -0.05) is 25.0 Å². The predicted octanol–water partition coefficient (Wildman–Crippen LogP) is 4.74. The maximum atomic E-state index is 12.3. The zero-order valence-electron chi connectivity index (χ0n) is 18.8. The largest absolute Gasteiger partial charge is 0.484 e. The van der Waals surface area contributed by atoms with Gasteiger partial charge in [-0.15, -0.1) is 10.2 Å². The van der Waals surface area contributed by atoms with Crippen molar-refractivity contribution >= 4 is 23.2 Å². The Morgan fingerprint density at radius 1 is 0.939 bits per heavy atom. The van der Waals surface area contributed by atoms with E-state index in [1.807, 2.05) is 36.4 Å². The van der Waals surface area contributed by atoms with E-state index in [4.69, 9.17) is 4.74 Å². The van der Waals surface area contributed by atoms with Gasteiger partial charge in [0.2, 0.25) is 0 Å². The molecule has 2 heterocycles. The Labute approximate surface area is 193 Å². The third kappa shape index (κ3) is 6.16. The highest BCUT2D eigenvalue weighted by Gasteiger charge is 2.12. The summed E-state index contributed by atoms with van der Waals surface area (Å²) in [7, 11) is 0. The first-order chi connectivity index (χ1) is 16.1. The van der Waals surface area contributed by atoms with Gasteiger partial charge in [0.05, 0.1) is 5.69 Å². The maximum Gasteiger partial charge on any atom is 0.262 e. The molecular formula is C26H28N4O3. The first kappa shape index (κ1) is 22.5. The molecule has 1 aliphatic rings. The Morgan fingerprint density at radius 2 is 1.70 bits per heavy atom. The van der Waals surface area contributed by atoms with Crippen LogP contribution in [0, 0.1) is 0 Å². The Balaban J connectivity index is 1.35. The van der Waals surface area contributed by atoms with Gasteiger partial charge in [0, 0.05) is 29.9 Å². The van der Waals surface area contributed by atoms with E-state index >= 15 is 0 Å². The van der Waals surface area contributed by atoms with Crippen LogP contribution in [-0.2, 0) is 4.79 Å². The van der Waals surface area contributed by atoms with Gasteiger partial charge in [-0.3, -0.25) is 9.59 Å². The van der Waals surface area contributed by atoms with Crippen LogP contribution >= 0.6 is 0 Å². The van der Waals surface area contributed by atoms with Crippen LogP contribution in [-0.4, -0.2) is 41.6 Å². The van der Waals surface area contributed by atoms with E-state index in [-0.39, 0.29) is 18.3 Å². The van der Waals surface area contributed by atoms with Gasteiger partial charge in [0.25, 0.3) is 5.91 Å². The van der Waals surface area contributed by atoms with E-state index in [2.05, 4.69) is 20.4 Å². The minimum Gasteiger partial charge on any atom is -0.484 e. The van der Waals surface area contributed by atoms with Crippen molar-refractivity contribution in [2.45, 2.75) is 32.6 Å². The van der Waals surface area contributed by atoms with Gasteiger partial charge in [-0.05, 0) is 68.3 Å². The number of Topliss-reactive ketones (excluding diaryl/α,β-unsaturated/α-hetero) is 1. The summed E-state index contributed by atoms with van der Waals surface area (Å²) in [4.78, 5) is 26.0. The lowest BCUT2D eigenvalue weighted by molar-refractivity contribution is -0.118. The maximum absolute atomic E-state index is 12.3. The second kappa shape index (κ2) is 10.7. The standard InChI is InChI=1S/C26H28N4O3/c1-19(31)20-9-11-23(12-10-20)33-18-26(32)27-22-8-6-7-21(17-22)24-13-14-25(29-28-24)30-15-4-2-3-5-16-30/h6-14,17H,2-5,15-16,18H2,1H3,(H,27,32). The van der Waals surface area contributed by atoms with E-state index < -0.39 is 0 Å². The van der Waals surface area contributed by atoms with Crippen LogP contribution in [0.3, 0.4) is 0 Å². The number of nitrogens with zero attached hydrogens (tertiary/aromatic N) is 3. The molecule has 1 aliphatic heterocycles. The summed E-state index contributed by atoms with van der Waals surface area (Å²) in [5.41, 5.74) is 2.90. The summed E-state index contributed by atoms with van der Waals surface area (Å²) in [5.74, 6) is 1.16. The zero-order chi connectivity index (χ0) is 23.0. The molecule has 4 rings (SSSR count). The number of carbonyl (C=O) groups is 2. The first-order valence-corrected chi connectivity index (χ1v) is 11.3. The van der Waals surface area contributed by atoms with E-state index in [0.717, 1.165) is 30.2 Å². The topological polar surface area (TPSA) is 84.4 Å². The van der Waals surface area contributed by atoms with Gasteiger partial charge in [-0.25, -0.2) is 0 Å². The van der Waals surface area contributed by atoms with Crippen LogP contribution in [0.4, 0.5) is 11.5 Å². The number of ether oxygens (including phenoxy) is 1. The number of aromatic nitrogens is 2. The number of anilines is 2. The van der Waals surface area contributed by atoms with Crippen molar-refractivity contribution in [3.05, 3.63) is 66.2 Å². The van der Waals surface area contributed by atoms with Crippen molar-refractivity contribution in [2.24, 2.45) is 0 Å². The first-order valence-electron chi connectivity index (χ1n) is 11.3. The highest BCUT2D eigenvalue weighted by molar-refractivity contribution is 5.94. The molecule has 3 aromatic rings. The Kier molecular flexibility index (Phi) is 7.29. The highest BCUT2D eigenvalue weighted by atomic mass is 16.5. The van der Waals surface area contributed by atoms with Gasteiger partial charge in [0.1, 0.15) is 5.75 Å². The van der Waals surface area contributed by atoms with Crippen LogP contribution in [0.1, 0.15) is 43.0 Å². The normalized spacial score (nSPS) is 13.8. The van der Waals surface area contributed by atoms with Crippen LogP contribution in [0.5, 0.6) is 5.75 Å². The fraction of sp³-hybridized carbons (Fsp3) is 0.308. The molecule has 33 heavy (non-hydrogen) atoms. The monoisotopic (exact) mass is 444 g/mol. The quantitative estimate of drug-likeness (QED) is 0.530. The number of hydrogen-bond donors (Lipinski definition) is 1. The molecule has 0 unspecified atom stereocenters. The van der Waals surface area contributed by atoms with E-state index in [0.29, 0.717) is 17.0 Å². The lowest BCUT2D eigenvalue weighted by atomic mass is 10.1. The number of ketones is 1. The molecule has 0 bridgehead atoms. The molecule has 7 nitrogen and oxygen atoms in total. The summed E-state index contributed by atoms with van der Waals surface area (Å²) < 4.78 is 5.52. The molecule has 170 valence electrons. The van der Waals surface area contributed by atoms with Crippen molar-refractivity contribution in [3.63, 3.8) is 0 Å². The molecule has 1 aromatic heterocycles. The molecule has 0 radical (unpaired) electrons. The average Bonchev–Trinajstić information content (AvgIpc) is 3.13.